The lowest BCUT2D eigenvalue weighted by molar-refractivity contribution is -0.138. The van der Waals surface area contributed by atoms with Crippen LogP contribution in [0.3, 0.4) is 0 Å². The highest BCUT2D eigenvalue weighted by atomic mass is 19.4. The Morgan fingerprint density at radius 2 is 1.76 bits per heavy atom. The van der Waals surface area contributed by atoms with Crippen LogP contribution in [-0.4, -0.2) is 91.1 Å². The van der Waals surface area contributed by atoms with Crippen molar-refractivity contribution >= 4 is 17.8 Å². The summed E-state index contributed by atoms with van der Waals surface area (Å²) in [5.74, 6) is -0.940. The fraction of sp³-hybridized carbons (Fsp3) is 0.433. The number of carbonyl (C=O) groups is 3. The largest absolute Gasteiger partial charge is 0.416 e. The number of rotatable bonds is 9. The predicted molar refractivity (Wildman–Crippen MR) is 148 cm³/mol. The molecule has 0 aliphatic carbocycles. The number of likely N-dealkylation sites (N-methyl/N-ethyl adjacent to an activating group) is 1. The fourth-order valence-corrected chi connectivity index (χ4v) is 5.80. The molecule has 2 aromatic rings. The number of hydrogen-bond acceptors (Lipinski definition) is 5. The van der Waals surface area contributed by atoms with E-state index in [1.165, 1.54) is 28.0 Å². The first-order chi connectivity index (χ1) is 20.2. The molecule has 3 aliphatic heterocycles. The topological polar surface area (TPSA) is 94.2 Å². The summed E-state index contributed by atoms with van der Waals surface area (Å²) in [6.45, 7) is 5.62. The first-order valence-electron chi connectivity index (χ1n) is 14.1. The number of hydrogen-bond donors (Lipinski definition) is 2. The number of nitrogens with one attached hydrogen (secondary N) is 2. The van der Waals surface area contributed by atoms with Crippen LogP contribution in [0.25, 0.3) is 0 Å². The fourth-order valence-electron chi connectivity index (χ4n) is 5.80. The highest BCUT2D eigenvalue weighted by Crippen LogP contribution is 2.42. The number of carbonyl (C=O) groups excluding carboxylic acids is 3. The number of urea groups is 1. The summed E-state index contributed by atoms with van der Waals surface area (Å²) in [6, 6.07) is 11.3. The zero-order valence-electron chi connectivity index (χ0n) is 23.3. The summed E-state index contributed by atoms with van der Waals surface area (Å²) in [7, 11) is 0. The van der Waals surface area contributed by atoms with Gasteiger partial charge in [-0.1, -0.05) is 48.5 Å². The number of alkyl halides is 3. The van der Waals surface area contributed by atoms with Crippen molar-refractivity contribution in [3.8, 4) is 0 Å². The number of morpholine rings is 1. The van der Waals surface area contributed by atoms with Crippen molar-refractivity contribution in [1.29, 1.82) is 0 Å². The smallest absolute Gasteiger partial charge is 0.379 e. The van der Waals surface area contributed by atoms with E-state index >= 15 is 0 Å². The molecular formula is C30H34F3N5O4. The summed E-state index contributed by atoms with van der Waals surface area (Å²) in [4.78, 5) is 45.8. The molecule has 0 bridgehead atoms. The first kappa shape index (κ1) is 29.6. The van der Waals surface area contributed by atoms with Gasteiger partial charge >= 0.3 is 12.2 Å². The minimum Gasteiger partial charge on any atom is -0.379 e. The van der Waals surface area contributed by atoms with Gasteiger partial charge in [-0.3, -0.25) is 19.4 Å². The van der Waals surface area contributed by atoms with E-state index in [0.717, 1.165) is 24.7 Å². The van der Waals surface area contributed by atoms with Gasteiger partial charge in [-0.05, 0) is 24.1 Å². The van der Waals surface area contributed by atoms with E-state index in [2.05, 4.69) is 15.5 Å². The highest BCUT2D eigenvalue weighted by Gasteiger charge is 2.48. The second-order valence-electron chi connectivity index (χ2n) is 10.5. The van der Waals surface area contributed by atoms with Crippen LogP contribution in [-0.2, 0) is 26.9 Å². The van der Waals surface area contributed by atoms with Gasteiger partial charge in [0, 0.05) is 39.1 Å². The number of halogens is 3. The Hall–Kier alpha value is -3.90. The van der Waals surface area contributed by atoms with Crippen LogP contribution >= 0.6 is 0 Å². The third-order valence-corrected chi connectivity index (χ3v) is 7.92. The Bertz CT molecular complexity index is 1340. The molecule has 42 heavy (non-hydrogen) atoms. The molecule has 12 heteroatoms. The number of nitrogens with zero attached hydrogens (tertiary/aromatic N) is 3. The van der Waals surface area contributed by atoms with Gasteiger partial charge in [0.1, 0.15) is 6.04 Å². The van der Waals surface area contributed by atoms with Crippen molar-refractivity contribution in [3.63, 3.8) is 0 Å². The quantitative estimate of drug-likeness (QED) is 0.472. The van der Waals surface area contributed by atoms with Gasteiger partial charge in [0.15, 0.2) is 0 Å². The molecule has 3 heterocycles. The van der Waals surface area contributed by atoms with Crippen molar-refractivity contribution in [2.75, 3.05) is 52.5 Å². The average molecular weight is 586 g/mol. The van der Waals surface area contributed by atoms with Crippen LogP contribution in [0.2, 0.25) is 0 Å². The lowest BCUT2D eigenvalue weighted by atomic mass is 9.91. The van der Waals surface area contributed by atoms with Gasteiger partial charge in [0.2, 0.25) is 5.91 Å². The normalized spacial score (nSPS) is 20.4. The maximum atomic E-state index is 14.1. The van der Waals surface area contributed by atoms with Crippen molar-refractivity contribution < 1.29 is 32.3 Å². The SMILES string of the molecule is CCN1C(=O)NC(c2ccccc2C(F)(F)F)C2=C1CN(C(Cc1ccccc1)C(=O)NCCN1CCOCC1)C2=O. The van der Waals surface area contributed by atoms with E-state index in [1.807, 2.05) is 30.3 Å². The van der Waals surface area contributed by atoms with Crippen LogP contribution in [0.1, 0.15) is 29.7 Å². The Balaban J connectivity index is 1.45. The van der Waals surface area contributed by atoms with E-state index in [0.29, 0.717) is 32.0 Å². The molecule has 1 fully saturated rings. The lowest BCUT2D eigenvalue weighted by Gasteiger charge is -2.33. The van der Waals surface area contributed by atoms with Gasteiger partial charge in [-0.2, -0.15) is 13.2 Å². The molecule has 3 aliphatic rings. The maximum absolute atomic E-state index is 14.1. The van der Waals surface area contributed by atoms with Gasteiger partial charge < -0.3 is 20.3 Å². The van der Waals surface area contributed by atoms with Gasteiger partial charge in [-0.15, -0.1) is 0 Å². The summed E-state index contributed by atoms with van der Waals surface area (Å²) in [5, 5.41) is 5.58. The summed E-state index contributed by atoms with van der Waals surface area (Å²) < 4.78 is 47.4. The van der Waals surface area contributed by atoms with Crippen molar-refractivity contribution in [2.45, 2.75) is 31.6 Å². The molecule has 0 radical (unpaired) electrons. The molecule has 0 spiro atoms. The second-order valence-corrected chi connectivity index (χ2v) is 10.5. The molecule has 1 saturated heterocycles. The second kappa shape index (κ2) is 12.5. The summed E-state index contributed by atoms with van der Waals surface area (Å²) >= 11 is 0. The standard InChI is InChI=1S/C30H34F3N5O4/c1-2-37-24-19-38(28(40)25(24)26(35-29(37)41)21-10-6-7-11-22(21)30(31,32)33)23(18-20-8-4-3-5-9-20)27(39)34-12-13-36-14-16-42-17-15-36/h3-11,23,26H,2,12-19H2,1H3,(H,34,39)(H,35,41). The molecule has 0 saturated carbocycles. The van der Waals surface area contributed by atoms with Crippen molar-refractivity contribution in [3.05, 3.63) is 82.6 Å². The minimum atomic E-state index is -4.69. The predicted octanol–water partition coefficient (Wildman–Crippen LogP) is 2.95. The van der Waals surface area contributed by atoms with E-state index in [1.54, 1.807) is 6.92 Å². The third-order valence-electron chi connectivity index (χ3n) is 7.92. The van der Waals surface area contributed by atoms with Gasteiger partial charge in [-0.25, -0.2) is 4.79 Å². The van der Waals surface area contributed by atoms with Crippen LogP contribution in [0.5, 0.6) is 0 Å². The van der Waals surface area contributed by atoms with Gasteiger partial charge in [0.25, 0.3) is 5.91 Å². The molecular weight excluding hydrogens is 551 g/mol. The van der Waals surface area contributed by atoms with Crippen LogP contribution in [0.4, 0.5) is 18.0 Å². The molecule has 4 amide bonds. The van der Waals surface area contributed by atoms with E-state index < -0.39 is 35.8 Å². The Kier molecular flexibility index (Phi) is 8.83. The third kappa shape index (κ3) is 6.14. The lowest BCUT2D eigenvalue weighted by Crippen LogP contribution is -2.51. The monoisotopic (exact) mass is 585 g/mol. The maximum Gasteiger partial charge on any atom is 0.416 e. The molecule has 2 unspecified atom stereocenters. The number of ether oxygens (including phenoxy) is 1. The van der Waals surface area contributed by atoms with E-state index in [9.17, 15) is 27.6 Å². The van der Waals surface area contributed by atoms with Crippen molar-refractivity contribution in [2.24, 2.45) is 0 Å². The average Bonchev–Trinajstić information content (AvgIpc) is 3.32. The molecule has 5 rings (SSSR count). The molecule has 224 valence electrons. The van der Waals surface area contributed by atoms with Crippen LogP contribution in [0.15, 0.2) is 65.9 Å². The minimum absolute atomic E-state index is 0.0485. The number of amides is 4. The molecule has 0 aromatic heterocycles. The molecule has 2 atom stereocenters. The van der Waals surface area contributed by atoms with Crippen molar-refractivity contribution in [1.82, 2.24) is 25.3 Å². The number of benzene rings is 2. The molecule has 2 N–H and O–H groups in total. The Labute approximate surface area is 242 Å². The van der Waals surface area contributed by atoms with Crippen LogP contribution in [0, 0.1) is 0 Å². The Morgan fingerprint density at radius 3 is 2.45 bits per heavy atom. The van der Waals surface area contributed by atoms with E-state index in [4.69, 9.17) is 4.74 Å². The molecule has 9 nitrogen and oxygen atoms in total. The first-order valence-corrected chi connectivity index (χ1v) is 14.1. The molecule has 2 aromatic carbocycles. The zero-order valence-corrected chi connectivity index (χ0v) is 23.3. The zero-order chi connectivity index (χ0) is 29.9. The van der Waals surface area contributed by atoms with E-state index in [-0.39, 0.29) is 36.6 Å². The van der Waals surface area contributed by atoms with Crippen LogP contribution < -0.4 is 10.6 Å². The Morgan fingerprint density at radius 1 is 1.07 bits per heavy atom. The summed E-state index contributed by atoms with van der Waals surface area (Å²) in [5.41, 5.74) is 0.0372. The highest BCUT2D eigenvalue weighted by molar-refractivity contribution is 6.03. The van der Waals surface area contributed by atoms with Gasteiger partial charge in [0.05, 0.1) is 42.6 Å². The summed E-state index contributed by atoms with van der Waals surface area (Å²) in [6.07, 6.45) is -4.49.